The minimum atomic E-state index is -4.17. The van der Waals surface area contributed by atoms with Crippen LogP contribution in [-0.2, 0) is 38.2 Å². The number of aldehydes is 1. The molecular formula is C30H42O8S. The van der Waals surface area contributed by atoms with Gasteiger partial charge in [0.05, 0.1) is 11.0 Å². The highest BCUT2D eigenvalue weighted by molar-refractivity contribution is 7.86. The van der Waals surface area contributed by atoms with E-state index in [0.29, 0.717) is 0 Å². The Morgan fingerprint density at radius 2 is 1.74 bits per heavy atom. The molecule has 39 heavy (non-hydrogen) atoms. The zero-order valence-corrected chi connectivity index (χ0v) is 24.7. The number of carbonyl (C=O) groups excluding carboxylic acids is 3. The lowest BCUT2D eigenvalue weighted by Crippen LogP contribution is -2.63. The molecule has 216 valence electrons. The number of ketones is 1. The van der Waals surface area contributed by atoms with Gasteiger partial charge < -0.3 is 14.3 Å². The van der Waals surface area contributed by atoms with Crippen LogP contribution in [0.15, 0.2) is 29.2 Å². The molecule has 0 aliphatic heterocycles. The van der Waals surface area contributed by atoms with E-state index in [0.717, 1.165) is 37.5 Å². The molecule has 3 aliphatic carbocycles. The zero-order chi connectivity index (χ0) is 28.8. The maximum absolute atomic E-state index is 14.1. The molecule has 0 aromatic heterocycles. The van der Waals surface area contributed by atoms with Crippen LogP contribution in [-0.4, -0.2) is 52.4 Å². The molecule has 0 radical (unpaired) electrons. The molecule has 4 rings (SSSR count). The Kier molecular flexibility index (Phi) is 8.20. The van der Waals surface area contributed by atoms with Crippen molar-refractivity contribution in [3.63, 3.8) is 0 Å². The highest BCUT2D eigenvalue weighted by atomic mass is 32.2. The SMILES string of the molecule is CO[C@@H]1CC[C@]23CC[C@@H](C)[C@](C)([C@H]12)[C@H](OC(=O)COS(=O)(=O)c1ccc(C)cc1)C[C@](C)(CC=O)C(=O)[C@@H]3C. The van der Waals surface area contributed by atoms with E-state index >= 15 is 0 Å². The summed E-state index contributed by atoms with van der Waals surface area (Å²) in [5.74, 6) is -0.955. The molecule has 0 spiro atoms. The first kappa shape index (κ1) is 29.9. The van der Waals surface area contributed by atoms with Crippen LogP contribution in [0.4, 0.5) is 0 Å². The molecule has 8 nitrogen and oxygen atoms in total. The second kappa shape index (κ2) is 10.7. The lowest BCUT2D eigenvalue weighted by molar-refractivity contribution is -0.207. The van der Waals surface area contributed by atoms with Crippen LogP contribution < -0.4 is 0 Å². The number of hydrogen-bond acceptors (Lipinski definition) is 8. The number of esters is 1. The van der Waals surface area contributed by atoms with Crippen molar-refractivity contribution < 1.29 is 36.5 Å². The molecule has 3 fully saturated rings. The number of aryl methyl sites for hydroxylation is 1. The highest BCUT2D eigenvalue weighted by Gasteiger charge is 2.68. The number of benzene rings is 1. The van der Waals surface area contributed by atoms with E-state index in [1.807, 2.05) is 13.8 Å². The molecule has 3 saturated carbocycles. The number of methoxy groups -OCH3 is 1. The van der Waals surface area contributed by atoms with E-state index < -0.39 is 39.6 Å². The van der Waals surface area contributed by atoms with Gasteiger partial charge in [-0.1, -0.05) is 45.4 Å². The van der Waals surface area contributed by atoms with Gasteiger partial charge in [0.1, 0.15) is 18.2 Å². The fraction of sp³-hybridized carbons (Fsp3) is 0.700. The molecule has 9 heteroatoms. The minimum absolute atomic E-state index is 0.0206. The normalized spacial score (nSPS) is 38.4. The van der Waals surface area contributed by atoms with Crippen LogP contribution in [0.25, 0.3) is 0 Å². The van der Waals surface area contributed by atoms with Crippen LogP contribution in [0.2, 0.25) is 0 Å². The van der Waals surface area contributed by atoms with Gasteiger partial charge in [-0.3, -0.25) is 8.98 Å². The second-order valence-corrected chi connectivity index (χ2v) is 14.2. The molecule has 0 saturated heterocycles. The highest BCUT2D eigenvalue weighted by Crippen LogP contribution is 2.68. The van der Waals surface area contributed by atoms with E-state index in [-0.39, 0.29) is 52.8 Å². The van der Waals surface area contributed by atoms with Crippen molar-refractivity contribution >= 4 is 28.2 Å². The lowest BCUT2D eigenvalue weighted by atomic mass is 9.44. The van der Waals surface area contributed by atoms with E-state index in [1.54, 1.807) is 26.2 Å². The smallest absolute Gasteiger partial charge is 0.333 e. The van der Waals surface area contributed by atoms with Gasteiger partial charge in [0.2, 0.25) is 0 Å². The lowest BCUT2D eigenvalue weighted by Gasteiger charge is -2.61. The molecule has 1 aromatic carbocycles. The summed E-state index contributed by atoms with van der Waals surface area (Å²) in [6, 6.07) is 6.16. The summed E-state index contributed by atoms with van der Waals surface area (Å²) in [7, 11) is -2.47. The Hall–Kier alpha value is -2.10. The van der Waals surface area contributed by atoms with Crippen molar-refractivity contribution in [1.82, 2.24) is 0 Å². The number of hydrogen-bond donors (Lipinski definition) is 0. The van der Waals surface area contributed by atoms with E-state index in [9.17, 15) is 22.8 Å². The number of carbonyl (C=O) groups is 3. The van der Waals surface area contributed by atoms with Crippen molar-refractivity contribution in [3.8, 4) is 0 Å². The van der Waals surface area contributed by atoms with Gasteiger partial charge in [-0.05, 0) is 62.5 Å². The molecule has 1 aromatic rings. The van der Waals surface area contributed by atoms with Gasteiger partial charge in [-0.2, -0.15) is 8.42 Å². The number of ether oxygens (including phenoxy) is 2. The van der Waals surface area contributed by atoms with Crippen molar-refractivity contribution in [3.05, 3.63) is 29.8 Å². The first-order valence-corrected chi connectivity index (χ1v) is 15.3. The van der Waals surface area contributed by atoms with Crippen LogP contribution in [0, 0.1) is 40.9 Å². The van der Waals surface area contributed by atoms with Gasteiger partial charge in [0.25, 0.3) is 10.1 Å². The molecule has 8 atom stereocenters. The van der Waals surface area contributed by atoms with Gasteiger partial charge in [0.15, 0.2) is 6.61 Å². The molecular weight excluding hydrogens is 520 g/mol. The molecule has 0 heterocycles. The molecule has 3 aliphatic rings. The van der Waals surface area contributed by atoms with Gasteiger partial charge in [-0.15, -0.1) is 0 Å². The Labute approximate surface area is 232 Å². The first-order valence-electron chi connectivity index (χ1n) is 13.9. The monoisotopic (exact) mass is 562 g/mol. The van der Waals surface area contributed by atoms with Gasteiger partial charge in [0, 0.05) is 36.2 Å². The van der Waals surface area contributed by atoms with Crippen LogP contribution in [0.1, 0.15) is 71.8 Å². The first-order chi connectivity index (χ1) is 18.2. The molecule has 0 unspecified atom stereocenters. The summed E-state index contributed by atoms with van der Waals surface area (Å²) in [4.78, 5) is 39.0. The number of rotatable bonds is 8. The van der Waals surface area contributed by atoms with Crippen LogP contribution in [0.5, 0.6) is 0 Å². The minimum Gasteiger partial charge on any atom is -0.460 e. The fourth-order valence-corrected chi connectivity index (χ4v) is 8.98. The third-order valence-electron chi connectivity index (χ3n) is 10.6. The van der Waals surface area contributed by atoms with Crippen LogP contribution >= 0.6 is 0 Å². The third kappa shape index (κ3) is 4.99. The average molecular weight is 563 g/mol. The molecule has 0 N–H and O–H groups in total. The van der Waals surface area contributed by atoms with E-state index in [4.69, 9.17) is 13.7 Å². The second-order valence-electron chi connectivity index (χ2n) is 12.6. The summed E-state index contributed by atoms with van der Waals surface area (Å²) in [5.41, 5.74) is -0.992. The topological polar surface area (TPSA) is 113 Å². The standard InChI is InChI=1S/C30H42O8S/c1-19-7-9-22(10-8-19)39(34,35)37-18-25(32)38-24-17-28(4,15-16-31)27(33)21(3)30-13-11-20(2)29(24,5)26(30)23(36-6)12-14-30/h7-10,16,20-21,23-24,26H,11-15,17-18H2,1-6H3/t20-,21+,23-,24-,26+,28+,29+,30+/m1/s1. The summed E-state index contributed by atoms with van der Waals surface area (Å²) in [6.07, 6.45) is 3.54. The average Bonchev–Trinajstić information content (AvgIpc) is 3.29. The largest absolute Gasteiger partial charge is 0.460 e. The molecule has 0 amide bonds. The van der Waals surface area contributed by atoms with Crippen molar-refractivity contribution in [2.45, 2.75) is 90.2 Å². The van der Waals surface area contributed by atoms with E-state index in [1.165, 1.54) is 12.1 Å². The van der Waals surface area contributed by atoms with Crippen LogP contribution in [0.3, 0.4) is 0 Å². The molecule has 2 bridgehead atoms. The maximum atomic E-state index is 14.1. The Balaban J connectivity index is 1.69. The predicted octanol–water partition coefficient (Wildman–Crippen LogP) is 4.66. The Morgan fingerprint density at radius 1 is 1.10 bits per heavy atom. The summed E-state index contributed by atoms with van der Waals surface area (Å²) in [5, 5.41) is 0. The summed E-state index contributed by atoms with van der Waals surface area (Å²) >= 11 is 0. The Bertz CT molecular complexity index is 1210. The third-order valence-corrected chi connectivity index (χ3v) is 11.9. The Morgan fingerprint density at radius 3 is 2.36 bits per heavy atom. The predicted molar refractivity (Wildman–Crippen MR) is 144 cm³/mol. The van der Waals surface area contributed by atoms with Gasteiger partial charge >= 0.3 is 5.97 Å². The van der Waals surface area contributed by atoms with Crippen molar-refractivity contribution in [2.24, 2.45) is 34.0 Å². The van der Waals surface area contributed by atoms with Crippen molar-refractivity contribution in [1.29, 1.82) is 0 Å². The maximum Gasteiger partial charge on any atom is 0.333 e. The fourth-order valence-electron chi connectivity index (χ4n) is 8.12. The van der Waals surface area contributed by atoms with Gasteiger partial charge in [-0.25, -0.2) is 4.79 Å². The summed E-state index contributed by atoms with van der Waals surface area (Å²) in [6.45, 7) is 9.13. The summed E-state index contributed by atoms with van der Waals surface area (Å²) < 4.78 is 42.6. The van der Waals surface area contributed by atoms with Crippen molar-refractivity contribution in [2.75, 3.05) is 13.7 Å². The zero-order valence-electron chi connectivity index (χ0n) is 23.9. The quantitative estimate of drug-likeness (QED) is 0.255. The number of Topliss-reactive ketones (excluding diaryl/α,β-unsaturated/α-hetero) is 1. The van der Waals surface area contributed by atoms with E-state index in [2.05, 4.69) is 13.8 Å².